The fourth-order valence-electron chi connectivity index (χ4n) is 3.21. The summed E-state index contributed by atoms with van der Waals surface area (Å²) in [5.74, 6) is -0.847. The van der Waals surface area contributed by atoms with Crippen LogP contribution in [-0.4, -0.2) is 23.7 Å². The van der Waals surface area contributed by atoms with Crippen molar-refractivity contribution < 1.29 is 14.7 Å². The van der Waals surface area contributed by atoms with Crippen LogP contribution in [0.2, 0.25) is 0 Å². The molecule has 3 rings (SSSR count). The van der Waals surface area contributed by atoms with Crippen LogP contribution in [0.4, 0.5) is 4.79 Å². The number of hydrogen-bond donors (Lipinski definition) is 3. The first kappa shape index (κ1) is 17.0. The minimum atomic E-state index is -0.847. The summed E-state index contributed by atoms with van der Waals surface area (Å²) in [5, 5.41) is 14.3. The van der Waals surface area contributed by atoms with E-state index in [0.29, 0.717) is 13.0 Å². The summed E-state index contributed by atoms with van der Waals surface area (Å²) < 4.78 is 0. The summed E-state index contributed by atoms with van der Waals surface area (Å²) in [6, 6.07) is 16.4. The maximum absolute atomic E-state index is 12.0. The molecule has 130 valence electrons. The number of fused-ring (bicyclic) bond motifs is 1. The molecule has 2 aromatic carbocycles. The fourth-order valence-corrected chi connectivity index (χ4v) is 3.21. The van der Waals surface area contributed by atoms with Crippen molar-refractivity contribution in [3.8, 4) is 11.1 Å². The summed E-state index contributed by atoms with van der Waals surface area (Å²) in [7, 11) is 0. The van der Waals surface area contributed by atoms with E-state index < -0.39 is 5.97 Å². The summed E-state index contributed by atoms with van der Waals surface area (Å²) >= 11 is 0. The summed E-state index contributed by atoms with van der Waals surface area (Å²) in [6.45, 7) is 0.363. The van der Waals surface area contributed by atoms with Gasteiger partial charge in [-0.3, -0.25) is 4.79 Å². The highest BCUT2D eigenvalue weighted by Crippen LogP contribution is 2.34. The highest BCUT2D eigenvalue weighted by molar-refractivity contribution is 5.75. The Labute approximate surface area is 147 Å². The lowest BCUT2D eigenvalue weighted by Gasteiger charge is -2.16. The Hall–Kier alpha value is -2.82. The van der Waals surface area contributed by atoms with Gasteiger partial charge in [-0.2, -0.15) is 0 Å². The van der Waals surface area contributed by atoms with Crippen LogP contribution in [0.5, 0.6) is 0 Å². The van der Waals surface area contributed by atoms with E-state index in [-0.39, 0.29) is 18.5 Å². The van der Waals surface area contributed by atoms with E-state index in [1.165, 1.54) is 11.1 Å². The van der Waals surface area contributed by atoms with Gasteiger partial charge in [0.05, 0.1) is 6.04 Å². The third-order valence-electron chi connectivity index (χ3n) is 4.49. The van der Waals surface area contributed by atoms with Crippen LogP contribution in [0.3, 0.4) is 0 Å². The maximum Gasteiger partial charge on any atom is 0.315 e. The molecule has 0 fully saturated rings. The first-order chi connectivity index (χ1) is 12.1. The number of carboxylic acid groups (broad SMARTS) is 1. The van der Waals surface area contributed by atoms with Crippen molar-refractivity contribution in [2.75, 3.05) is 6.54 Å². The van der Waals surface area contributed by atoms with Crippen molar-refractivity contribution in [3.63, 3.8) is 0 Å². The van der Waals surface area contributed by atoms with E-state index >= 15 is 0 Å². The largest absolute Gasteiger partial charge is 0.481 e. The normalized spacial score (nSPS) is 15.4. The Bertz CT molecular complexity index is 759. The van der Waals surface area contributed by atoms with E-state index in [1.54, 1.807) is 0 Å². The quantitative estimate of drug-likeness (QED) is 0.705. The lowest BCUT2D eigenvalue weighted by atomic mass is 9.99. The first-order valence-electron chi connectivity index (χ1n) is 8.58. The molecule has 1 aliphatic carbocycles. The molecular weight excluding hydrogens is 316 g/mol. The highest BCUT2D eigenvalue weighted by atomic mass is 16.4. The zero-order valence-electron chi connectivity index (χ0n) is 14.0. The summed E-state index contributed by atoms with van der Waals surface area (Å²) in [5.41, 5.74) is 4.75. The van der Waals surface area contributed by atoms with Gasteiger partial charge in [-0.1, -0.05) is 42.5 Å². The third-order valence-corrected chi connectivity index (χ3v) is 4.49. The number of aliphatic carboxylic acids is 1. The van der Waals surface area contributed by atoms with Gasteiger partial charge in [0, 0.05) is 13.0 Å². The van der Waals surface area contributed by atoms with Crippen molar-refractivity contribution >= 4 is 12.0 Å². The number of nitrogens with one attached hydrogen (secondary N) is 2. The van der Waals surface area contributed by atoms with Gasteiger partial charge < -0.3 is 15.7 Å². The number of carbonyl (C=O) groups excluding carboxylic acids is 1. The van der Waals surface area contributed by atoms with Crippen LogP contribution in [0.1, 0.15) is 36.4 Å². The molecule has 0 saturated heterocycles. The Balaban J connectivity index is 1.63. The zero-order valence-corrected chi connectivity index (χ0v) is 14.0. The summed E-state index contributed by atoms with van der Waals surface area (Å²) in [4.78, 5) is 22.5. The molecule has 0 aliphatic heterocycles. The fraction of sp³-hybridized carbons (Fsp3) is 0.300. The minimum absolute atomic E-state index is 0.00173. The summed E-state index contributed by atoms with van der Waals surface area (Å²) in [6.07, 6.45) is 2.33. The van der Waals surface area contributed by atoms with Gasteiger partial charge in [0.25, 0.3) is 0 Å². The van der Waals surface area contributed by atoms with Crippen molar-refractivity contribution in [1.29, 1.82) is 0 Å². The topological polar surface area (TPSA) is 78.4 Å². The number of benzene rings is 2. The van der Waals surface area contributed by atoms with Crippen molar-refractivity contribution in [2.24, 2.45) is 0 Å². The lowest BCUT2D eigenvalue weighted by Crippen LogP contribution is -2.37. The van der Waals surface area contributed by atoms with Gasteiger partial charge in [0.2, 0.25) is 0 Å². The maximum atomic E-state index is 12.0. The molecule has 0 heterocycles. The molecule has 2 amide bonds. The predicted octanol–water partition coefficient (Wildman–Crippen LogP) is 3.50. The van der Waals surface area contributed by atoms with E-state index in [2.05, 4.69) is 41.0 Å². The molecule has 1 unspecified atom stereocenters. The average molecular weight is 338 g/mol. The van der Waals surface area contributed by atoms with E-state index in [1.807, 2.05) is 18.2 Å². The van der Waals surface area contributed by atoms with Gasteiger partial charge in [0.1, 0.15) is 0 Å². The smallest absolute Gasteiger partial charge is 0.315 e. The molecule has 0 radical (unpaired) electrons. The Morgan fingerprint density at radius 3 is 2.64 bits per heavy atom. The van der Waals surface area contributed by atoms with Crippen molar-refractivity contribution in [3.05, 3.63) is 59.7 Å². The highest BCUT2D eigenvalue weighted by Gasteiger charge is 2.24. The first-order valence-corrected chi connectivity index (χ1v) is 8.58. The van der Waals surface area contributed by atoms with Gasteiger partial charge >= 0.3 is 12.0 Å². The number of carbonyl (C=O) groups is 2. The lowest BCUT2D eigenvalue weighted by molar-refractivity contribution is -0.137. The van der Waals surface area contributed by atoms with Crippen LogP contribution in [0, 0.1) is 0 Å². The Morgan fingerprint density at radius 2 is 1.88 bits per heavy atom. The second-order valence-corrected chi connectivity index (χ2v) is 6.27. The minimum Gasteiger partial charge on any atom is -0.481 e. The molecule has 5 nitrogen and oxygen atoms in total. The number of rotatable bonds is 6. The second-order valence-electron chi connectivity index (χ2n) is 6.27. The standard InChI is InChI=1S/C20H22N2O3/c23-19(24)7-4-12-21-20(25)22-18-11-10-15-8-9-16(13-17(15)18)14-5-2-1-3-6-14/h1-3,5-6,8-9,13,18H,4,7,10-12H2,(H,23,24)(H2,21,22,25). The van der Waals surface area contributed by atoms with E-state index in [9.17, 15) is 9.59 Å². The molecule has 0 saturated carbocycles. The monoisotopic (exact) mass is 338 g/mol. The van der Waals surface area contributed by atoms with Crippen LogP contribution in [-0.2, 0) is 11.2 Å². The number of hydrogen-bond acceptors (Lipinski definition) is 2. The van der Waals surface area contributed by atoms with Crippen LogP contribution >= 0.6 is 0 Å². The molecule has 1 aliphatic rings. The molecule has 5 heteroatoms. The SMILES string of the molecule is O=C(O)CCCNC(=O)NC1CCc2ccc(-c3ccccc3)cc21. The average Bonchev–Trinajstić information content (AvgIpc) is 3.01. The van der Waals surface area contributed by atoms with Gasteiger partial charge in [-0.25, -0.2) is 4.79 Å². The van der Waals surface area contributed by atoms with Gasteiger partial charge in [0.15, 0.2) is 0 Å². The Kier molecular flexibility index (Phi) is 5.33. The van der Waals surface area contributed by atoms with Crippen LogP contribution in [0.25, 0.3) is 11.1 Å². The third kappa shape index (κ3) is 4.38. The van der Waals surface area contributed by atoms with Crippen molar-refractivity contribution in [1.82, 2.24) is 10.6 Å². The number of aryl methyl sites for hydroxylation is 1. The molecule has 0 bridgehead atoms. The van der Waals surface area contributed by atoms with Gasteiger partial charge in [-0.15, -0.1) is 0 Å². The predicted molar refractivity (Wildman–Crippen MR) is 96.3 cm³/mol. The molecule has 1 atom stereocenters. The van der Waals surface area contributed by atoms with Crippen LogP contribution in [0.15, 0.2) is 48.5 Å². The zero-order chi connectivity index (χ0) is 17.6. The number of amides is 2. The van der Waals surface area contributed by atoms with E-state index in [4.69, 9.17) is 5.11 Å². The number of carboxylic acids is 1. The van der Waals surface area contributed by atoms with Crippen molar-refractivity contribution in [2.45, 2.75) is 31.7 Å². The van der Waals surface area contributed by atoms with Gasteiger partial charge in [-0.05, 0) is 47.6 Å². The molecule has 2 aromatic rings. The van der Waals surface area contributed by atoms with Crippen LogP contribution < -0.4 is 10.6 Å². The van der Waals surface area contributed by atoms with E-state index in [0.717, 1.165) is 24.0 Å². The molecule has 0 spiro atoms. The number of urea groups is 1. The molecule has 25 heavy (non-hydrogen) atoms. The Morgan fingerprint density at radius 1 is 1.08 bits per heavy atom. The molecular formula is C20H22N2O3. The molecule has 3 N–H and O–H groups in total. The molecule has 0 aromatic heterocycles. The second kappa shape index (κ2) is 7.83.